The normalized spacial score (nSPS) is 10.4. The highest BCUT2D eigenvalue weighted by Gasteiger charge is 2.11. The second kappa shape index (κ2) is 6.36. The van der Waals surface area contributed by atoms with Gasteiger partial charge in [-0.1, -0.05) is 16.8 Å². The zero-order chi connectivity index (χ0) is 15.4. The van der Waals surface area contributed by atoms with E-state index in [1.54, 1.807) is 6.92 Å². The van der Waals surface area contributed by atoms with Crippen molar-refractivity contribution in [3.8, 4) is 0 Å². The number of nitrogens with zero attached hydrogens (tertiary/aromatic N) is 2. The van der Waals surface area contributed by atoms with E-state index in [1.807, 2.05) is 0 Å². The molecule has 0 saturated carbocycles. The first-order valence-corrected chi connectivity index (χ1v) is 6.45. The highest BCUT2D eigenvalue weighted by Crippen LogP contribution is 2.23. The standard InChI is InChI=1S/C13H12ClN3O4/c1-7-15-12(21-17-7)5-4-11(18)16-10-6-8(13(19)20)2-3-9(10)14/h2-3,6H,4-5H2,1H3,(H,16,18)(H,19,20). The Morgan fingerprint density at radius 3 is 2.81 bits per heavy atom. The van der Waals surface area contributed by atoms with E-state index in [-0.39, 0.29) is 28.6 Å². The molecule has 8 heteroatoms. The van der Waals surface area contributed by atoms with E-state index in [0.717, 1.165) is 0 Å². The number of carboxylic acids is 1. The molecule has 1 aromatic heterocycles. The predicted molar refractivity (Wildman–Crippen MR) is 74.4 cm³/mol. The Labute approximate surface area is 124 Å². The molecule has 7 nitrogen and oxygen atoms in total. The van der Waals surface area contributed by atoms with Gasteiger partial charge in [-0.2, -0.15) is 4.98 Å². The van der Waals surface area contributed by atoms with Gasteiger partial charge in [0.15, 0.2) is 5.82 Å². The Balaban J connectivity index is 1.99. The number of carbonyl (C=O) groups excluding carboxylic acids is 1. The maximum absolute atomic E-state index is 11.8. The van der Waals surface area contributed by atoms with Crippen LogP contribution < -0.4 is 5.32 Å². The molecule has 110 valence electrons. The molecule has 0 bridgehead atoms. The molecule has 2 aromatic rings. The molecular formula is C13H12ClN3O4. The summed E-state index contributed by atoms with van der Waals surface area (Å²) in [6.07, 6.45) is 0.415. The third kappa shape index (κ3) is 4.03. The van der Waals surface area contributed by atoms with E-state index >= 15 is 0 Å². The van der Waals surface area contributed by atoms with Crippen LogP contribution in [0.15, 0.2) is 22.7 Å². The van der Waals surface area contributed by atoms with Crippen molar-refractivity contribution in [3.05, 3.63) is 40.5 Å². The lowest BCUT2D eigenvalue weighted by atomic mass is 10.2. The third-order valence-electron chi connectivity index (χ3n) is 2.62. The SMILES string of the molecule is Cc1noc(CCC(=O)Nc2cc(C(=O)O)ccc2Cl)n1. The van der Waals surface area contributed by atoms with Crippen molar-refractivity contribution in [2.24, 2.45) is 0 Å². The minimum atomic E-state index is -1.09. The molecule has 0 unspecified atom stereocenters. The van der Waals surface area contributed by atoms with Crippen LogP contribution in [0.3, 0.4) is 0 Å². The fourth-order valence-electron chi connectivity index (χ4n) is 1.63. The average Bonchev–Trinajstić information content (AvgIpc) is 2.84. The summed E-state index contributed by atoms with van der Waals surface area (Å²) in [6.45, 7) is 1.68. The Bertz CT molecular complexity index is 684. The Hall–Kier alpha value is -2.41. The molecule has 0 aliphatic rings. The maximum atomic E-state index is 11.8. The zero-order valence-electron chi connectivity index (χ0n) is 11.1. The van der Waals surface area contributed by atoms with Crippen LogP contribution in [-0.2, 0) is 11.2 Å². The lowest BCUT2D eigenvalue weighted by molar-refractivity contribution is -0.116. The first-order chi connectivity index (χ1) is 9.95. The van der Waals surface area contributed by atoms with E-state index in [4.69, 9.17) is 21.2 Å². The van der Waals surface area contributed by atoms with E-state index in [0.29, 0.717) is 18.1 Å². The first kappa shape index (κ1) is 15.0. The van der Waals surface area contributed by atoms with E-state index in [2.05, 4.69) is 15.5 Å². The molecule has 1 heterocycles. The van der Waals surface area contributed by atoms with Gasteiger partial charge in [-0.15, -0.1) is 0 Å². The minimum Gasteiger partial charge on any atom is -0.478 e. The number of carboxylic acid groups (broad SMARTS) is 1. The zero-order valence-corrected chi connectivity index (χ0v) is 11.8. The van der Waals surface area contributed by atoms with Crippen LogP contribution in [0.1, 0.15) is 28.5 Å². The van der Waals surface area contributed by atoms with Crippen LogP contribution in [-0.4, -0.2) is 27.1 Å². The summed E-state index contributed by atoms with van der Waals surface area (Å²) >= 11 is 5.92. The third-order valence-corrected chi connectivity index (χ3v) is 2.95. The molecular weight excluding hydrogens is 298 g/mol. The smallest absolute Gasteiger partial charge is 0.335 e. The fourth-order valence-corrected chi connectivity index (χ4v) is 1.79. The van der Waals surface area contributed by atoms with E-state index in [1.165, 1.54) is 18.2 Å². The van der Waals surface area contributed by atoms with Crippen LogP contribution >= 0.6 is 11.6 Å². The molecule has 0 fully saturated rings. The number of halogens is 1. The number of aromatic nitrogens is 2. The number of nitrogens with one attached hydrogen (secondary N) is 1. The highest BCUT2D eigenvalue weighted by molar-refractivity contribution is 6.33. The molecule has 0 spiro atoms. The molecule has 0 aliphatic carbocycles. The number of hydrogen-bond donors (Lipinski definition) is 2. The van der Waals surface area contributed by atoms with Crippen molar-refractivity contribution in [1.82, 2.24) is 10.1 Å². The molecule has 0 atom stereocenters. The van der Waals surface area contributed by atoms with Crippen LogP contribution in [0, 0.1) is 6.92 Å². The highest BCUT2D eigenvalue weighted by atomic mass is 35.5. The van der Waals surface area contributed by atoms with Crippen molar-refractivity contribution in [3.63, 3.8) is 0 Å². The predicted octanol–water partition coefficient (Wildman–Crippen LogP) is 2.30. The van der Waals surface area contributed by atoms with Crippen LogP contribution in [0.5, 0.6) is 0 Å². The van der Waals surface area contributed by atoms with Crippen molar-refractivity contribution >= 4 is 29.2 Å². The largest absolute Gasteiger partial charge is 0.478 e. The molecule has 1 amide bonds. The van der Waals surface area contributed by atoms with Crippen LogP contribution in [0.25, 0.3) is 0 Å². The van der Waals surface area contributed by atoms with Gasteiger partial charge in [-0.3, -0.25) is 4.79 Å². The lowest BCUT2D eigenvalue weighted by Gasteiger charge is -2.07. The second-order valence-corrected chi connectivity index (χ2v) is 4.69. The Morgan fingerprint density at radius 1 is 1.43 bits per heavy atom. The van der Waals surface area contributed by atoms with Crippen LogP contribution in [0.4, 0.5) is 5.69 Å². The summed E-state index contributed by atoms with van der Waals surface area (Å²) in [6, 6.07) is 4.09. The van der Waals surface area contributed by atoms with Gasteiger partial charge in [0.2, 0.25) is 11.8 Å². The molecule has 21 heavy (non-hydrogen) atoms. The van der Waals surface area contributed by atoms with Crippen molar-refractivity contribution in [1.29, 1.82) is 0 Å². The molecule has 1 aromatic carbocycles. The maximum Gasteiger partial charge on any atom is 0.335 e. The number of amides is 1. The van der Waals surface area contributed by atoms with Crippen LogP contribution in [0.2, 0.25) is 5.02 Å². The summed E-state index contributed by atoms with van der Waals surface area (Å²) < 4.78 is 4.89. The number of rotatable bonds is 5. The summed E-state index contributed by atoms with van der Waals surface area (Å²) in [5.74, 6) is -0.547. The number of anilines is 1. The van der Waals surface area contributed by atoms with Gasteiger partial charge in [0.05, 0.1) is 16.3 Å². The first-order valence-electron chi connectivity index (χ1n) is 6.07. The number of aromatic carboxylic acids is 1. The van der Waals surface area contributed by atoms with Gasteiger partial charge in [0.1, 0.15) is 0 Å². The Kier molecular flexibility index (Phi) is 4.54. The summed E-state index contributed by atoms with van der Waals surface area (Å²) in [5.41, 5.74) is 0.297. The topological polar surface area (TPSA) is 105 Å². The number of carbonyl (C=O) groups is 2. The quantitative estimate of drug-likeness (QED) is 0.878. The fraction of sp³-hybridized carbons (Fsp3) is 0.231. The van der Waals surface area contributed by atoms with Gasteiger partial charge < -0.3 is 14.9 Å². The summed E-state index contributed by atoms with van der Waals surface area (Å²) in [7, 11) is 0. The van der Waals surface area contributed by atoms with Gasteiger partial charge >= 0.3 is 5.97 Å². The molecule has 2 N–H and O–H groups in total. The molecule has 0 aliphatic heterocycles. The minimum absolute atomic E-state index is 0.0437. The molecule has 0 saturated heterocycles. The average molecular weight is 310 g/mol. The monoisotopic (exact) mass is 309 g/mol. The van der Waals surface area contributed by atoms with E-state index < -0.39 is 5.97 Å². The molecule has 0 radical (unpaired) electrons. The van der Waals surface area contributed by atoms with Gasteiger partial charge in [0.25, 0.3) is 0 Å². The number of hydrogen-bond acceptors (Lipinski definition) is 5. The van der Waals surface area contributed by atoms with Gasteiger partial charge in [-0.25, -0.2) is 4.79 Å². The summed E-state index contributed by atoms with van der Waals surface area (Å²) in [5, 5.41) is 15.3. The Morgan fingerprint density at radius 2 is 2.19 bits per heavy atom. The lowest BCUT2D eigenvalue weighted by Crippen LogP contribution is -2.13. The number of benzene rings is 1. The van der Waals surface area contributed by atoms with E-state index in [9.17, 15) is 9.59 Å². The van der Waals surface area contributed by atoms with Crippen molar-refractivity contribution in [2.45, 2.75) is 19.8 Å². The van der Waals surface area contributed by atoms with Crippen molar-refractivity contribution in [2.75, 3.05) is 5.32 Å². The second-order valence-electron chi connectivity index (χ2n) is 4.28. The summed E-state index contributed by atoms with van der Waals surface area (Å²) in [4.78, 5) is 26.7. The van der Waals surface area contributed by atoms with Gasteiger partial charge in [-0.05, 0) is 25.1 Å². The molecule has 2 rings (SSSR count). The van der Waals surface area contributed by atoms with Crippen molar-refractivity contribution < 1.29 is 19.2 Å². The number of aryl methyl sites for hydroxylation is 2. The van der Waals surface area contributed by atoms with Gasteiger partial charge in [0, 0.05) is 12.8 Å².